The maximum Gasteiger partial charge on any atom is 0.269 e. The van der Waals surface area contributed by atoms with Crippen molar-refractivity contribution < 1.29 is 14.0 Å². The molecule has 5 heterocycles. The fourth-order valence-electron chi connectivity index (χ4n) is 4.28. The molecule has 31 heavy (non-hydrogen) atoms. The lowest BCUT2D eigenvalue weighted by atomic mass is 9.90. The molecule has 0 aromatic carbocycles. The molecule has 2 fully saturated rings. The summed E-state index contributed by atoms with van der Waals surface area (Å²) in [6.45, 7) is 6.15. The Balaban J connectivity index is 1.33. The van der Waals surface area contributed by atoms with Gasteiger partial charge in [-0.1, -0.05) is 5.16 Å². The molecule has 5 rings (SSSR count). The number of ether oxygens (including phenoxy) is 2. The molecule has 1 unspecified atom stereocenters. The zero-order valence-electron chi connectivity index (χ0n) is 17.9. The molecule has 1 spiro atoms. The summed E-state index contributed by atoms with van der Waals surface area (Å²) in [6.07, 6.45) is 4.52. The molecule has 2 aliphatic rings. The van der Waals surface area contributed by atoms with Crippen molar-refractivity contribution in [1.29, 1.82) is 0 Å². The highest BCUT2D eigenvalue weighted by atomic mass is 16.6. The van der Waals surface area contributed by atoms with Gasteiger partial charge in [0.05, 0.1) is 31.1 Å². The summed E-state index contributed by atoms with van der Waals surface area (Å²) in [5.74, 6) is 0.657. The van der Waals surface area contributed by atoms with E-state index in [4.69, 9.17) is 14.0 Å². The number of aryl methyl sites for hydroxylation is 2. The molecule has 0 N–H and O–H groups in total. The molecular weight excluding hydrogens is 398 g/mol. The summed E-state index contributed by atoms with van der Waals surface area (Å²) >= 11 is 0. The Labute approximate surface area is 179 Å². The summed E-state index contributed by atoms with van der Waals surface area (Å²) in [5.41, 5.74) is 3.74. The van der Waals surface area contributed by atoms with E-state index in [1.165, 1.54) is 4.68 Å². The molecule has 0 saturated carbocycles. The molecular formula is C22H25N5O4. The van der Waals surface area contributed by atoms with Crippen molar-refractivity contribution in [3.8, 4) is 11.3 Å². The average Bonchev–Trinajstić information content (AvgIpc) is 3.33. The number of rotatable bonds is 5. The zero-order valence-corrected chi connectivity index (χ0v) is 17.9. The first-order valence-corrected chi connectivity index (χ1v) is 10.3. The van der Waals surface area contributed by atoms with Crippen molar-refractivity contribution in [2.45, 2.75) is 38.5 Å². The first-order valence-electron chi connectivity index (χ1n) is 10.3. The van der Waals surface area contributed by atoms with Crippen molar-refractivity contribution >= 4 is 5.69 Å². The van der Waals surface area contributed by atoms with E-state index in [2.05, 4.69) is 20.1 Å². The minimum Gasteiger partial charge on any atom is -0.379 e. The van der Waals surface area contributed by atoms with Gasteiger partial charge in [0.1, 0.15) is 17.1 Å². The molecule has 0 bridgehead atoms. The van der Waals surface area contributed by atoms with Crippen LogP contribution in [-0.2, 0) is 16.0 Å². The second-order valence-corrected chi connectivity index (χ2v) is 8.38. The topological polar surface area (TPSA) is 95.5 Å². The van der Waals surface area contributed by atoms with Crippen LogP contribution in [0.4, 0.5) is 5.69 Å². The van der Waals surface area contributed by atoms with E-state index in [1.807, 2.05) is 26.0 Å². The maximum absolute atomic E-state index is 12.8. The van der Waals surface area contributed by atoms with Gasteiger partial charge in [-0.25, -0.2) is 4.68 Å². The summed E-state index contributed by atoms with van der Waals surface area (Å²) in [5, 5.41) is 8.58. The monoisotopic (exact) mass is 423 g/mol. The van der Waals surface area contributed by atoms with Crippen LogP contribution in [0, 0.1) is 13.8 Å². The molecule has 1 atom stereocenters. The predicted octanol–water partition coefficient (Wildman–Crippen LogP) is 1.95. The number of pyridine rings is 1. The number of hydrogen-bond donors (Lipinski definition) is 0. The van der Waals surface area contributed by atoms with Gasteiger partial charge in [0.25, 0.3) is 5.56 Å². The number of nitrogens with zero attached hydrogens (tertiary/aromatic N) is 5. The second-order valence-electron chi connectivity index (χ2n) is 8.38. The molecule has 9 nitrogen and oxygen atoms in total. The van der Waals surface area contributed by atoms with Crippen LogP contribution >= 0.6 is 0 Å². The highest BCUT2D eigenvalue weighted by molar-refractivity contribution is 5.62. The Bertz CT molecular complexity index is 1150. The van der Waals surface area contributed by atoms with Crippen LogP contribution in [0.25, 0.3) is 11.3 Å². The summed E-state index contributed by atoms with van der Waals surface area (Å²) in [6, 6.07) is 5.49. The van der Waals surface area contributed by atoms with Crippen molar-refractivity contribution in [3.05, 3.63) is 58.0 Å². The summed E-state index contributed by atoms with van der Waals surface area (Å²) in [7, 11) is 1.71. The number of anilines is 1. The highest BCUT2D eigenvalue weighted by Gasteiger charge is 2.50. The number of methoxy groups -OCH3 is 1. The van der Waals surface area contributed by atoms with Gasteiger partial charge in [-0.15, -0.1) is 0 Å². The largest absolute Gasteiger partial charge is 0.379 e. The van der Waals surface area contributed by atoms with Crippen LogP contribution in [0.15, 0.2) is 39.9 Å². The third kappa shape index (κ3) is 3.64. The normalized spacial score (nSPS) is 19.7. The van der Waals surface area contributed by atoms with Crippen molar-refractivity contribution in [1.82, 2.24) is 19.9 Å². The van der Waals surface area contributed by atoms with Gasteiger partial charge < -0.3 is 18.9 Å². The molecule has 9 heteroatoms. The van der Waals surface area contributed by atoms with Crippen molar-refractivity contribution in [2.75, 3.05) is 31.7 Å². The van der Waals surface area contributed by atoms with Crippen molar-refractivity contribution in [3.63, 3.8) is 0 Å². The molecule has 0 radical (unpaired) electrons. The lowest BCUT2D eigenvalue weighted by Gasteiger charge is -2.48. The zero-order chi connectivity index (χ0) is 21.6. The van der Waals surface area contributed by atoms with Gasteiger partial charge >= 0.3 is 0 Å². The van der Waals surface area contributed by atoms with Gasteiger partial charge in [0, 0.05) is 55.7 Å². The van der Waals surface area contributed by atoms with Crippen LogP contribution in [0.3, 0.4) is 0 Å². The molecule has 0 amide bonds. The van der Waals surface area contributed by atoms with Crippen LogP contribution < -0.4 is 10.5 Å². The van der Waals surface area contributed by atoms with Gasteiger partial charge in [0.2, 0.25) is 0 Å². The Morgan fingerprint density at radius 1 is 1.26 bits per heavy atom. The molecule has 3 aromatic heterocycles. The predicted molar refractivity (Wildman–Crippen MR) is 113 cm³/mol. The van der Waals surface area contributed by atoms with Crippen LogP contribution in [0.1, 0.15) is 23.4 Å². The van der Waals surface area contributed by atoms with Crippen LogP contribution in [0.2, 0.25) is 0 Å². The van der Waals surface area contributed by atoms with E-state index < -0.39 is 0 Å². The third-order valence-corrected chi connectivity index (χ3v) is 6.16. The van der Waals surface area contributed by atoms with Crippen LogP contribution in [0.5, 0.6) is 0 Å². The fraction of sp³-hybridized carbons (Fsp3) is 0.455. The number of aromatic nitrogens is 4. The van der Waals surface area contributed by atoms with E-state index in [0.29, 0.717) is 18.1 Å². The lowest BCUT2D eigenvalue weighted by molar-refractivity contribution is -0.0209. The SMILES string of the molecule is COC1COC2(C1)CN(c1cnn(Cc3c(-c4ccc(C)nc4)noc3C)c(=O)c1)C2. The Morgan fingerprint density at radius 3 is 2.77 bits per heavy atom. The summed E-state index contributed by atoms with van der Waals surface area (Å²) in [4.78, 5) is 19.2. The van der Waals surface area contributed by atoms with E-state index in [1.54, 1.807) is 25.6 Å². The molecule has 2 saturated heterocycles. The molecule has 0 aliphatic carbocycles. The maximum atomic E-state index is 12.8. The molecule has 162 valence electrons. The first kappa shape index (κ1) is 19.9. The molecule has 2 aliphatic heterocycles. The summed E-state index contributed by atoms with van der Waals surface area (Å²) < 4.78 is 18.2. The van der Waals surface area contributed by atoms with Crippen molar-refractivity contribution in [2.24, 2.45) is 0 Å². The van der Waals surface area contributed by atoms with Gasteiger partial charge in [-0.05, 0) is 26.0 Å². The van der Waals surface area contributed by atoms with Gasteiger partial charge in [-0.2, -0.15) is 5.10 Å². The Morgan fingerprint density at radius 2 is 2.10 bits per heavy atom. The first-order chi connectivity index (χ1) is 15.0. The fourth-order valence-corrected chi connectivity index (χ4v) is 4.28. The highest BCUT2D eigenvalue weighted by Crippen LogP contribution is 2.38. The smallest absolute Gasteiger partial charge is 0.269 e. The van der Waals surface area contributed by atoms with Crippen LogP contribution in [-0.4, -0.2) is 58.4 Å². The minimum atomic E-state index is -0.172. The van der Waals surface area contributed by atoms with E-state index in [-0.39, 0.29) is 23.8 Å². The van der Waals surface area contributed by atoms with E-state index in [9.17, 15) is 4.79 Å². The number of hydrogen-bond acceptors (Lipinski definition) is 8. The van der Waals surface area contributed by atoms with E-state index in [0.717, 1.165) is 42.0 Å². The van der Waals surface area contributed by atoms with Gasteiger partial charge in [0.15, 0.2) is 0 Å². The third-order valence-electron chi connectivity index (χ3n) is 6.16. The lowest BCUT2D eigenvalue weighted by Crippen LogP contribution is -2.62. The average molecular weight is 423 g/mol. The Kier molecular flexibility index (Phi) is 4.86. The van der Waals surface area contributed by atoms with E-state index >= 15 is 0 Å². The minimum absolute atomic E-state index is 0.151. The standard InChI is InChI=1S/C22H25N5O4/c1-14-4-5-16(8-23-14)21-19(15(2)31-25-21)10-27-20(28)6-17(9-24-27)26-12-22(13-26)7-18(29-3)11-30-22/h4-6,8-9,18H,7,10-13H2,1-3H3. The second kappa shape index (κ2) is 7.58. The van der Waals surface area contributed by atoms with Gasteiger partial charge in [-0.3, -0.25) is 9.78 Å². The quantitative estimate of drug-likeness (QED) is 0.615. The Hall–Kier alpha value is -3.04. The molecule has 3 aromatic rings.